The molecule has 3 aromatic rings. The molecule has 0 aliphatic heterocycles. The molecule has 0 bridgehead atoms. The van der Waals surface area contributed by atoms with Crippen LogP contribution in [0, 0.1) is 0 Å². The lowest BCUT2D eigenvalue weighted by Crippen LogP contribution is -2.10. The summed E-state index contributed by atoms with van der Waals surface area (Å²) >= 11 is 0. The van der Waals surface area contributed by atoms with Gasteiger partial charge in [-0.1, -0.05) is 24.3 Å². The minimum atomic E-state index is 0.147. The van der Waals surface area contributed by atoms with E-state index < -0.39 is 0 Å². The summed E-state index contributed by atoms with van der Waals surface area (Å²) < 4.78 is 5.28. The SMILES string of the molecule is COc1ccc(N(c2ccc(CCO)cc2)c2ccc(CCO)cc2)cc1. The number of rotatable bonds is 8. The van der Waals surface area contributed by atoms with Crippen LogP contribution in [0.15, 0.2) is 72.8 Å². The summed E-state index contributed by atoms with van der Waals surface area (Å²) in [7, 11) is 1.66. The van der Waals surface area contributed by atoms with E-state index >= 15 is 0 Å². The van der Waals surface area contributed by atoms with Gasteiger partial charge in [0.15, 0.2) is 0 Å². The maximum Gasteiger partial charge on any atom is 0.119 e. The van der Waals surface area contributed by atoms with Crippen LogP contribution in [0.4, 0.5) is 17.1 Å². The Labute approximate surface area is 160 Å². The van der Waals surface area contributed by atoms with Crippen LogP contribution in [0.1, 0.15) is 11.1 Å². The van der Waals surface area contributed by atoms with E-state index in [1.54, 1.807) is 7.11 Å². The molecule has 3 aromatic carbocycles. The highest BCUT2D eigenvalue weighted by Crippen LogP contribution is 2.35. The van der Waals surface area contributed by atoms with E-state index in [4.69, 9.17) is 14.9 Å². The lowest BCUT2D eigenvalue weighted by molar-refractivity contribution is 0.299. The van der Waals surface area contributed by atoms with Crippen molar-refractivity contribution in [3.05, 3.63) is 83.9 Å². The second-order valence-corrected chi connectivity index (χ2v) is 6.31. The van der Waals surface area contributed by atoms with Crippen molar-refractivity contribution >= 4 is 17.1 Å². The van der Waals surface area contributed by atoms with Gasteiger partial charge in [-0.05, 0) is 72.5 Å². The molecule has 0 amide bonds. The maximum atomic E-state index is 9.13. The van der Waals surface area contributed by atoms with Crippen molar-refractivity contribution in [3.8, 4) is 5.75 Å². The summed E-state index contributed by atoms with van der Waals surface area (Å²) in [6, 6.07) is 24.4. The predicted octanol–water partition coefficient (Wildman–Crippen LogP) is 4.23. The minimum absolute atomic E-state index is 0.147. The quantitative estimate of drug-likeness (QED) is 0.629. The Balaban J connectivity index is 1.99. The molecule has 0 radical (unpaired) electrons. The summed E-state index contributed by atoms with van der Waals surface area (Å²) in [5, 5.41) is 18.3. The molecule has 0 aliphatic rings. The van der Waals surface area contributed by atoms with Crippen LogP contribution < -0.4 is 9.64 Å². The van der Waals surface area contributed by atoms with Gasteiger partial charge in [0.1, 0.15) is 5.75 Å². The van der Waals surface area contributed by atoms with E-state index in [1.165, 1.54) is 0 Å². The Morgan fingerprint density at radius 2 is 1.00 bits per heavy atom. The van der Waals surface area contributed by atoms with Crippen LogP contribution in [0.25, 0.3) is 0 Å². The van der Waals surface area contributed by atoms with Crippen LogP contribution in [-0.4, -0.2) is 30.5 Å². The monoisotopic (exact) mass is 363 g/mol. The van der Waals surface area contributed by atoms with Crippen LogP contribution in [0.2, 0.25) is 0 Å². The first-order valence-electron chi connectivity index (χ1n) is 9.09. The van der Waals surface area contributed by atoms with Crippen molar-refractivity contribution in [2.24, 2.45) is 0 Å². The first-order valence-corrected chi connectivity index (χ1v) is 9.09. The standard InChI is InChI=1S/C23H25NO3/c1-27-23-12-10-22(11-13-23)24(20-6-2-18(3-7-20)14-16-25)21-8-4-19(5-9-21)15-17-26/h2-13,25-26H,14-17H2,1H3. The molecule has 3 rings (SSSR count). The predicted molar refractivity (Wildman–Crippen MR) is 109 cm³/mol. The third-order valence-corrected chi connectivity index (χ3v) is 4.52. The summed E-state index contributed by atoms with van der Waals surface area (Å²) in [5.74, 6) is 0.815. The molecule has 0 saturated heterocycles. The first-order chi connectivity index (χ1) is 13.2. The zero-order chi connectivity index (χ0) is 19.1. The number of methoxy groups -OCH3 is 1. The fraction of sp³-hybridized carbons (Fsp3) is 0.217. The number of ether oxygens (including phenoxy) is 1. The maximum absolute atomic E-state index is 9.13. The third kappa shape index (κ3) is 4.67. The Morgan fingerprint density at radius 3 is 1.33 bits per heavy atom. The Morgan fingerprint density at radius 1 is 0.630 bits per heavy atom. The number of anilines is 3. The average molecular weight is 363 g/mol. The van der Waals surface area contributed by atoms with Crippen molar-refractivity contribution in [1.82, 2.24) is 0 Å². The molecule has 0 fully saturated rings. The van der Waals surface area contributed by atoms with Crippen LogP contribution in [0.5, 0.6) is 5.75 Å². The fourth-order valence-corrected chi connectivity index (χ4v) is 3.06. The molecule has 0 spiro atoms. The summed E-state index contributed by atoms with van der Waals surface area (Å²) in [5.41, 5.74) is 5.32. The minimum Gasteiger partial charge on any atom is -0.497 e. The zero-order valence-electron chi connectivity index (χ0n) is 15.5. The van der Waals surface area contributed by atoms with Crippen LogP contribution >= 0.6 is 0 Å². The molecule has 0 saturated carbocycles. The summed E-state index contributed by atoms with van der Waals surface area (Å²) in [6.45, 7) is 0.293. The van der Waals surface area contributed by atoms with Crippen molar-refractivity contribution in [1.29, 1.82) is 0 Å². The molecule has 0 heterocycles. The van der Waals surface area contributed by atoms with Crippen molar-refractivity contribution in [2.75, 3.05) is 25.2 Å². The Bertz CT molecular complexity index is 778. The van der Waals surface area contributed by atoms with E-state index in [-0.39, 0.29) is 13.2 Å². The highest BCUT2D eigenvalue weighted by Gasteiger charge is 2.12. The van der Waals surface area contributed by atoms with Gasteiger partial charge in [-0.15, -0.1) is 0 Å². The van der Waals surface area contributed by atoms with E-state index in [1.807, 2.05) is 48.5 Å². The number of benzene rings is 3. The van der Waals surface area contributed by atoms with Crippen molar-refractivity contribution < 1.29 is 14.9 Å². The number of aliphatic hydroxyl groups excluding tert-OH is 2. The Hall–Kier alpha value is -2.82. The van der Waals surface area contributed by atoms with E-state index in [0.29, 0.717) is 12.8 Å². The lowest BCUT2D eigenvalue weighted by atomic mass is 10.1. The van der Waals surface area contributed by atoms with Crippen LogP contribution in [0.3, 0.4) is 0 Å². The largest absolute Gasteiger partial charge is 0.497 e. The number of nitrogens with zero attached hydrogens (tertiary/aromatic N) is 1. The topological polar surface area (TPSA) is 52.9 Å². The van der Waals surface area contributed by atoms with Gasteiger partial charge in [0.05, 0.1) is 7.11 Å². The smallest absolute Gasteiger partial charge is 0.119 e. The van der Waals surface area contributed by atoms with Gasteiger partial charge in [0.25, 0.3) is 0 Å². The Kier molecular flexibility index (Phi) is 6.47. The zero-order valence-corrected chi connectivity index (χ0v) is 15.5. The molecule has 0 aliphatic carbocycles. The van der Waals surface area contributed by atoms with E-state index in [9.17, 15) is 0 Å². The molecule has 0 aromatic heterocycles. The molecule has 2 N–H and O–H groups in total. The highest BCUT2D eigenvalue weighted by molar-refractivity contribution is 5.76. The number of hydrogen-bond acceptors (Lipinski definition) is 4. The second kappa shape index (κ2) is 9.21. The fourth-order valence-electron chi connectivity index (χ4n) is 3.06. The third-order valence-electron chi connectivity index (χ3n) is 4.52. The average Bonchev–Trinajstić information content (AvgIpc) is 2.72. The highest BCUT2D eigenvalue weighted by atomic mass is 16.5. The molecular weight excluding hydrogens is 338 g/mol. The normalized spacial score (nSPS) is 10.6. The van der Waals surface area contributed by atoms with Gasteiger partial charge < -0.3 is 19.8 Å². The molecule has 0 atom stereocenters. The van der Waals surface area contributed by atoms with Gasteiger partial charge in [0, 0.05) is 30.3 Å². The van der Waals surface area contributed by atoms with Gasteiger partial charge >= 0.3 is 0 Å². The van der Waals surface area contributed by atoms with Gasteiger partial charge in [-0.2, -0.15) is 0 Å². The van der Waals surface area contributed by atoms with Crippen molar-refractivity contribution in [2.45, 2.75) is 12.8 Å². The van der Waals surface area contributed by atoms with E-state index in [2.05, 4.69) is 29.2 Å². The molecule has 0 unspecified atom stereocenters. The van der Waals surface area contributed by atoms with Gasteiger partial charge in [-0.25, -0.2) is 0 Å². The molecular formula is C23H25NO3. The van der Waals surface area contributed by atoms with Gasteiger partial charge in [0.2, 0.25) is 0 Å². The molecule has 4 nitrogen and oxygen atoms in total. The van der Waals surface area contributed by atoms with Gasteiger partial charge in [-0.3, -0.25) is 0 Å². The van der Waals surface area contributed by atoms with E-state index in [0.717, 1.165) is 33.9 Å². The second-order valence-electron chi connectivity index (χ2n) is 6.31. The number of aliphatic hydroxyl groups is 2. The number of hydrogen-bond donors (Lipinski definition) is 2. The van der Waals surface area contributed by atoms with Crippen LogP contribution in [-0.2, 0) is 12.8 Å². The van der Waals surface area contributed by atoms with Crippen molar-refractivity contribution in [3.63, 3.8) is 0 Å². The summed E-state index contributed by atoms with van der Waals surface area (Å²) in [4.78, 5) is 2.17. The molecule has 27 heavy (non-hydrogen) atoms. The first kappa shape index (κ1) is 19.0. The lowest BCUT2D eigenvalue weighted by Gasteiger charge is -2.26. The molecule has 4 heteroatoms. The molecule has 140 valence electrons. The summed E-state index contributed by atoms with van der Waals surface area (Å²) in [6.07, 6.45) is 1.30.